The second kappa shape index (κ2) is 6.22. The van der Waals surface area contributed by atoms with Gasteiger partial charge < -0.3 is 10.1 Å². The van der Waals surface area contributed by atoms with Crippen molar-refractivity contribution in [1.29, 1.82) is 0 Å². The summed E-state index contributed by atoms with van der Waals surface area (Å²) in [5.74, 6) is 1.99. The fourth-order valence-corrected chi connectivity index (χ4v) is 1.36. The van der Waals surface area contributed by atoms with Crippen LogP contribution < -0.4 is 10.1 Å². The van der Waals surface area contributed by atoms with Crippen molar-refractivity contribution in [1.82, 2.24) is 9.97 Å². The summed E-state index contributed by atoms with van der Waals surface area (Å²) < 4.78 is 5.57. The van der Waals surface area contributed by atoms with E-state index in [9.17, 15) is 0 Å². The van der Waals surface area contributed by atoms with E-state index < -0.39 is 0 Å². The molecule has 15 heavy (non-hydrogen) atoms. The maximum absolute atomic E-state index is 5.57. The van der Waals surface area contributed by atoms with E-state index in [0.29, 0.717) is 18.4 Å². The Bertz CT molecular complexity index is 291. The van der Waals surface area contributed by atoms with Gasteiger partial charge in [-0.25, -0.2) is 9.97 Å². The topological polar surface area (TPSA) is 47.0 Å². The molecule has 0 aliphatic heterocycles. The van der Waals surface area contributed by atoms with E-state index in [1.165, 1.54) is 19.2 Å². The lowest BCUT2D eigenvalue weighted by molar-refractivity contribution is 0.243. The Morgan fingerprint density at radius 2 is 2.27 bits per heavy atom. The Balaban J connectivity index is 2.43. The first-order valence-corrected chi connectivity index (χ1v) is 5.38. The van der Waals surface area contributed by atoms with Gasteiger partial charge in [-0.2, -0.15) is 0 Å². The fraction of sp³-hybridized carbons (Fsp3) is 0.636. The normalized spacial score (nSPS) is 12.2. The highest BCUT2D eigenvalue weighted by Crippen LogP contribution is 2.12. The molecule has 1 aromatic rings. The van der Waals surface area contributed by atoms with E-state index in [0.717, 1.165) is 5.82 Å². The number of ether oxygens (including phenoxy) is 1. The second-order valence-electron chi connectivity index (χ2n) is 3.70. The third-order valence-corrected chi connectivity index (χ3v) is 2.20. The van der Waals surface area contributed by atoms with Gasteiger partial charge in [-0.1, -0.05) is 20.3 Å². The lowest BCUT2D eigenvalue weighted by Gasteiger charge is -2.11. The monoisotopic (exact) mass is 209 g/mol. The summed E-state index contributed by atoms with van der Waals surface area (Å²) in [6, 6.07) is 1.80. The maximum Gasteiger partial charge on any atom is 0.218 e. The van der Waals surface area contributed by atoms with Gasteiger partial charge in [0.15, 0.2) is 0 Å². The van der Waals surface area contributed by atoms with Crippen LogP contribution in [-0.2, 0) is 0 Å². The molecule has 1 unspecified atom stereocenters. The highest BCUT2D eigenvalue weighted by Gasteiger charge is 2.03. The van der Waals surface area contributed by atoms with Gasteiger partial charge in [0.1, 0.15) is 12.1 Å². The minimum atomic E-state index is 0.572. The molecule has 1 aromatic heterocycles. The van der Waals surface area contributed by atoms with Gasteiger partial charge in [-0.05, 0) is 12.3 Å². The minimum Gasteiger partial charge on any atom is -0.477 e. The van der Waals surface area contributed by atoms with Gasteiger partial charge in [0.25, 0.3) is 0 Å². The summed E-state index contributed by atoms with van der Waals surface area (Å²) in [7, 11) is 1.83. The van der Waals surface area contributed by atoms with Crippen LogP contribution in [0.2, 0.25) is 0 Å². The first kappa shape index (κ1) is 11.8. The summed E-state index contributed by atoms with van der Waals surface area (Å²) in [5, 5.41) is 2.95. The first-order chi connectivity index (χ1) is 7.26. The Morgan fingerprint density at radius 1 is 1.47 bits per heavy atom. The number of aromatic nitrogens is 2. The molecule has 1 N–H and O–H groups in total. The van der Waals surface area contributed by atoms with E-state index in [1.54, 1.807) is 6.07 Å². The molecule has 0 fully saturated rings. The van der Waals surface area contributed by atoms with Crippen molar-refractivity contribution in [3.63, 3.8) is 0 Å². The second-order valence-corrected chi connectivity index (χ2v) is 3.70. The molecule has 1 atom stereocenters. The third-order valence-electron chi connectivity index (χ3n) is 2.20. The van der Waals surface area contributed by atoms with Crippen LogP contribution in [-0.4, -0.2) is 23.6 Å². The highest BCUT2D eigenvalue weighted by molar-refractivity contribution is 5.35. The van der Waals surface area contributed by atoms with Gasteiger partial charge >= 0.3 is 0 Å². The number of rotatable bonds is 6. The average Bonchev–Trinajstić information content (AvgIpc) is 2.27. The third kappa shape index (κ3) is 4.14. The Labute approximate surface area is 91.1 Å². The molecule has 4 nitrogen and oxygen atoms in total. The summed E-state index contributed by atoms with van der Waals surface area (Å²) in [4.78, 5) is 8.07. The molecule has 0 aliphatic carbocycles. The van der Waals surface area contributed by atoms with Crippen LogP contribution >= 0.6 is 0 Å². The predicted octanol–water partition coefficient (Wildman–Crippen LogP) is 2.33. The van der Waals surface area contributed by atoms with Crippen LogP contribution in [0.5, 0.6) is 5.88 Å². The number of nitrogens with one attached hydrogen (secondary N) is 1. The Kier molecular flexibility index (Phi) is 4.87. The summed E-state index contributed by atoms with van der Waals surface area (Å²) in [5.41, 5.74) is 0. The van der Waals surface area contributed by atoms with Crippen molar-refractivity contribution in [3.05, 3.63) is 12.4 Å². The highest BCUT2D eigenvalue weighted by atomic mass is 16.5. The summed E-state index contributed by atoms with van der Waals surface area (Å²) in [6.07, 6.45) is 3.88. The molecule has 0 amide bonds. The van der Waals surface area contributed by atoms with E-state index in [4.69, 9.17) is 4.74 Å². The van der Waals surface area contributed by atoms with Crippen LogP contribution in [0.3, 0.4) is 0 Å². The molecule has 4 heteroatoms. The quantitative estimate of drug-likeness (QED) is 0.781. The van der Waals surface area contributed by atoms with Gasteiger partial charge in [0, 0.05) is 13.1 Å². The smallest absolute Gasteiger partial charge is 0.218 e. The Morgan fingerprint density at radius 3 is 2.93 bits per heavy atom. The van der Waals surface area contributed by atoms with Crippen molar-refractivity contribution in [2.75, 3.05) is 19.0 Å². The molecule has 0 bridgehead atoms. The van der Waals surface area contributed by atoms with E-state index in [2.05, 4.69) is 29.1 Å². The van der Waals surface area contributed by atoms with E-state index >= 15 is 0 Å². The number of nitrogens with zero attached hydrogens (tertiary/aromatic N) is 2. The van der Waals surface area contributed by atoms with Crippen LogP contribution in [0.15, 0.2) is 12.4 Å². The molecule has 84 valence electrons. The van der Waals surface area contributed by atoms with Crippen molar-refractivity contribution in [2.24, 2.45) is 5.92 Å². The van der Waals surface area contributed by atoms with Gasteiger partial charge in [-0.15, -0.1) is 0 Å². The zero-order chi connectivity index (χ0) is 11.1. The SMILES string of the molecule is CCCC(C)COc1cc(NC)ncn1. The molecule has 0 spiro atoms. The van der Waals surface area contributed by atoms with Crippen molar-refractivity contribution in [3.8, 4) is 5.88 Å². The number of hydrogen-bond donors (Lipinski definition) is 1. The van der Waals surface area contributed by atoms with Crippen molar-refractivity contribution >= 4 is 5.82 Å². The van der Waals surface area contributed by atoms with Gasteiger partial charge in [0.05, 0.1) is 6.61 Å². The Hall–Kier alpha value is -1.32. The van der Waals surface area contributed by atoms with Crippen LogP contribution in [0.1, 0.15) is 26.7 Å². The van der Waals surface area contributed by atoms with Gasteiger partial charge in [0.2, 0.25) is 5.88 Å². The molecule has 0 saturated heterocycles. The first-order valence-electron chi connectivity index (χ1n) is 5.38. The molecular formula is C11H19N3O. The molecule has 0 radical (unpaired) electrons. The summed E-state index contributed by atoms with van der Waals surface area (Å²) >= 11 is 0. The predicted molar refractivity (Wildman–Crippen MR) is 61.1 cm³/mol. The van der Waals surface area contributed by atoms with Crippen molar-refractivity contribution < 1.29 is 4.74 Å². The zero-order valence-corrected chi connectivity index (χ0v) is 9.66. The molecule has 1 rings (SSSR count). The molecular weight excluding hydrogens is 190 g/mol. The zero-order valence-electron chi connectivity index (χ0n) is 9.66. The minimum absolute atomic E-state index is 0.572. The maximum atomic E-state index is 5.57. The lowest BCUT2D eigenvalue weighted by Crippen LogP contribution is -2.09. The van der Waals surface area contributed by atoms with Crippen LogP contribution in [0.25, 0.3) is 0 Å². The van der Waals surface area contributed by atoms with E-state index in [1.807, 2.05) is 7.05 Å². The number of anilines is 1. The number of hydrogen-bond acceptors (Lipinski definition) is 4. The summed E-state index contributed by atoms with van der Waals surface area (Å²) in [6.45, 7) is 5.08. The average molecular weight is 209 g/mol. The standard InChI is InChI=1S/C11H19N3O/c1-4-5-9(2)7-15-11-6-10(12-3)13-8-14-11/h6,8-9H,4-5,7H2,1-3H3,(H,12,13,14). The van der Waals surface area contributed by atoms with Crippen LogP contribution in [0, 0.1) is 5.92 Å². The van der Waals surface area contributed by atoms with Crippen LogP contribution in [0.4, 0.5) is 5.82 Å². The molecule has 0 saturated carbocycles. The largest absolute Gasteiger partial charge is 0.477 e. The van der Waals surface area contributed by atoms with Gasteiger partial charge in [-0.3, -0.25) is 0 Å². The lowest BCUT2D eigenvalue weighted by atomic mass is 10.1. The molecule has 0 aliphatic rings. The van der Waals surface area contributed by atoms with Crippen molar-refractivity contribution in [2.45, 2.75) is 26.7 Å². The van der Waals surface area contributed by atoms with E-state index in [-0.39, 0.29) is 0 Å². The molecule has 1 heterocycles. The fourth-order valence-electron chi connectivity index (χ4n) is 1.36. The molecule has 0 aromatic carbocycles.